The number of alkyl halides is 3. The van der Waals surface area contributed by atoms with Crippen molar-refractivity contribution >= 4 is 0 Å². The Morgan fingerprint density at radius 1 is 1.33 bits per heavy atom. The molecule has 1 aromatic rings. The first kappa shape index (κ1) is 14.7. The second-order valence-electron chi connectivity index (χ2n) is 4.26. The van der Waals surface area contributed by atoms with Crippen molar-refractivity contribution in [3.05, 3.63) is 36.4 Å². The van der Waals surface area contributed by atoms with Gasteiger partial charge in [-0.1, -0.05) is 19.4 Å². The van der Waals surface area contributed by atoms with Crippen molar-refractivity contribution < 1.29 is 13.2 Å². The number of aromatic nitrogens is 2. The molecule has 1 aromatic heterocycles. The van der Waals surface area contributed by atoms with Gasteiger partial charge in [0.2, 0.25) is 5.82 Å². The van der Waals surface area contributed by atoms with Crippen LogP contribution >= 0.6 is 0 Å². The molecule has 0 saturated carbocycles. The van der Waals surface area contributed by atoms with E-state index in [2.05, 4.69) is 23.5 Å². The highest BCUT2D eigenvalue weighted by Gasteiger charge is 2.34. The Kier molecular flexibility index (Phi) is 5.31. The standard InChI is InChI=1S/C13H17F3N2/c1-3-5-6-10(4-2)7-11-8-17-12(18-9-11)13(14,15)16/h3,8-10H,1,4-7H2,2H3. The highest BCUT2D eigenvalue weighted by Crippen LogP contribution is 2.26. The second-order valence-corrected chi connectivity index (χ2v) is 4.26. The molecule has 0 aliphatic heterocycles. The lowest BCUT2D eigenvalue weighted by Crippen LogP contribution is -2.12. The number of hydrogen-bond donors (Lipinski definition) is 0. The topological polar surface area (TPSA) is 25.8 Å². The molecular formula is C13H17F3N2. The molecule has 1 unspecified atom stereocenters. The lowest BCUT2D eigenvalue weighted by atomic mass is 9.94. The first-order valence-electron chi connectivity index (χ1n) is 5.96. The number of hydrogen-bond acceptors (Lipinski definition) is 2. The quantitative estimate of drug-likeness (QED) is 0.720. The van der Waals surface area contributed by atoms with Crippen molar-refractivity contribution in [3.63, 3.8) is 0 Å². The summed E-state index contributed by atoms with van der Waals surface area (Å²) in [7, 11) is 0. The minimum Gasteiger partial charge on any atom is -0.233 e. The molecule has 1 heterocycles. The monoisotopic (exact) mass is 258 g/mol. The van der Waals surface area contributed by atoms with E-state index in [1.807, 2.05) is 6.08 Å². The average Bonchev–Trinajstić information content (AvgIpc) is 2.34. The Hall–Kier alpha value is -1.39. The third-order valence-electron chi connectivity index (χ3n) is 2.84. The number of halogens is 3. The summed E-state index contributed by atoms with van der Waals surface area (Å²) in [6.45, 7) is 5.73. The van der Waals surface area contributed by atoms with E-state index in [4.69, 9.17) is 0 Å². The Bertz CT molecular complexity index is 371. The molecule has 0 N–H and O–H groups in total. The van der Waals surface area contributed by atoms with E-state index in [9.17, 15) is 13.2 Å². The van der Waals surface area contributed by atoms with Crippen molar-refractivity contribution in [1.82, 2.24) is 9.97 Å². The van der Waals surface area contributed by atoms with Gasteiger partial charge in [-0.05, 0) is 30.7 Å². The van der Waals surface area contributed by atoms with E-state index in [0.29, 0.717) is 12.3 Å². The highest BCUT2D eigenvalue weighted by molar-refractivity contribution is 5.07. The zero-order chi connectivity index (χ0) is 13.6. The fourth-order valence-corrected chi connectivity index (χ4v) is 1.74. The first-order chi connectivity index (χ1) is 8.47. The van der Waals surface area contributed by atoms with Crippen LogP contribution in [0.4, 0.5) is 13.2 Å². The lowest BCUT2D eigenvalue weighted by Gasteiger charge is -2.13. The van der Waals surface area contributed by atoms with Gasteiger partial charge in [0, 0.05) is 12.4 Å². The molecule has 1 rings (SSSR count). The minimum atomic E-state index is -4.47. The van der Waals surface area contributed by atoms with Crippen LogP contribution in [0.15, 0.2) is 25.0 Å². The molecule has 2 nitrogen and oxygen atoms in total. The molecule has 0 spiro atoms. The van der Waals surface area contributed by atoms with E-state index in [1.165, 1.54) is 12.4 Å². The third kappa shape index (κ3) is 4.47. The SMILES string of the molecule is C=CCCC(CC)Cc1cnc(C(F)(F)F)nc1. The highest BCUT2D eigenvalue weighted by atomic mass is 19.4. The molecule has 5 heteroatoms. The van der Waals surface area contributed by atoms with E-state index in [0.717, 1.165) is 24.8 Å². The van der Waals surface area contributed by atoms with Gasteiger partial charge in [0.15, 0.2) is 0 Å². The molecule has 18 heavy (non-hydrogen) atoms. The smallest absolute Gasteiger partial charge is 0.233 e. The maximum Gasteiger partial charge on any atom is 0.451 e. The van der Waals surface area contributed by atoms with Crippen molar-refractivity contribution in [2.75, 3.05) is 0 Å². The molecular weight excluding hydrogens is 241 g/mol. The first-order valence-corrected chi connectivity index (χ1v) is 5.96. The van der Waals surface area contributed by atoms with Crippen LogP contribution in [-0.4, -0.2) is 9.97 Å². The van der Waals surface area contributed by atoms with Crippen molar-refractivity contribution in [2.24, 2.45) is 5.92 Å². The summed E-state index contributed by atoms with van der Waals surface area (Å²) in [5.74, 6) is -0.645. The van der Waals surface area contributed by atoms with Crippen LogP contribution < -0.4 is 0 Å². The summed E-state index contributed by atoms with van der Waals surface area (Å²) in [6, 6.07) is 0. The van der Waals surface area contributed by atoms with E-state index in [-0.39, 0.29) is 0 Å². The third-order valence-corrected chi connectivity index (χ3v) is 2.84. The van der Waals surface area contributed by atoms with Crippen LogP contribution in [-0.2, 0) is 12.6 Å². The maximum absolute atomic E-state index is 12.3. The summed E-state index contributed by atoms with van der Waals surface area (Å²) in [5, 5.41) is 0. The zero-order valence-corrected chi connectivity index (χ0v) is 10.4. The average molecular weight is 258 g/mol. The Labute approximate surface area is 105 Å². The van der Waals surface area contributed by atoms with Gasteiger partial charge < -0.3 is 0 Å². The fraction of sp³-hybridized carbons (Fsp3) is 0.538. The number of allylic oxidation sites excluding steroid dienone is 1. The molecule has 0 amide bonds. The zero-order valence-electron chi connectivity index (χ0n) is 10.4. The summed E-state index contributed by atoms with van der Waals surface area (Å²) in [5.41, 5.74) is 0.749. The Morgan fingerprint density at radius 2 is 1.94 bits per heavy atom. The van der Waals surface area contributed by atoms with Crippen LogP contribution in [0.5, 0.6) is 0 Å². The van der Waals surface area contributed by atoms with Crippen LogP contribution in [0.2, 0.25) is 0 Å². The van der Waals surface area contributed by atoms with E-state index in [1.54, 1.807) is 0 Å². The maximum atomic E-state index is 12.3. The molecule has 0 bridgehead atoms. The molecule has 0 aliphatic rings. The largest absolute Gasteiger partial charge is 0.451 e. The van der Waals surface area contributed by atoms with Crippen LogP contribution in [0.3, 0.4) is 0 Å². The second kappa shape index (κ2) is 6.52. The van der Waals surface area contributed by atoms with Crippen LogP contribution in [0.1, 0.15) is 37.6 Å². The van der Waals surface area contributed by atoms with E-state index < -0.39 is 12.0 Å². The van der Waals surface area contributed by atoms with Gasteiger partial charge in [-0.3, -0.25) is 0 Å². The van der Waals surface area contributed by atoms with Gasteiger partial charge >= 0.3 is 6.18 Å². The lowest BCUT2D eigenvalue weighted by molar-refractivity contribution is -0.145. The molecule has 0 aromatic carbocycles. The normalized spacial score (nSPS) is 13.3. The van der Waals surface area contributed by atoms with Crippen molar-refractivity contribution in [3.8, 4) is 0 Å². The van der Waals surface area contributed by atoms with Crippen LogP contribution in [0, 0.1) is 5.92 Å². The predicted octanol–water partition coefficient (Wildman–Crippen LogP) is 4.03. The van der Waals surface area contributed by atoms with Crippen molar-refractivity contribution in [1.29, 1.82) is 0 Å². The van der Waals surface area contributed by atoms with Gasteiger partial charge in [-0.2, -0.15) is 13.2 Å². The molecule has 1 atom stereocenters. The summed E-state index contributed by atoms with van der Waals surface area (Å²) in [6.07, 6.45) is 3.52. The molecule has 100 valence electrons. The van der Waals surface area contributed by atoms with Crippen molar-refractivity contribution in [2.45, 2.75) is 38.8 Å². The molecule has 0 fully saturated rings. The van der Waals surface area contributed by atoms with Crippen LogP contribution in [0.25, 0.3) is 0 Å². The number of nitrogens with zero attached hydrogens (tertiary/aromatic N) is 2. The fourth-order valence-electron chi connectivity index (χ4n) is 1.74. The molecule has 0 aliphatic carbocycles. The minimum absolute atomic E-state index is 0.434. The molecule has 0 saturated heterocycles. The van der Waals surface area contributed by atoms with E-state index >= 15 is 0 Å². The summed E-state index contributed by atoms with van der Waals surface area (Å²) < 4.78 is 36.8. The van der Waals surface area contributed by atoms with Gasteiger partial charge in [0.25, 0.3) is 0 Å². The van der Waals surface area contributed by atoms with Gasteiger partial charge in [-0.15, -0.1) is 6.58 Å². The van der Waals surface area contributed by atoms with Gasteiger partial charge in [0.1, 0.15) is 0 Å². The summed E-state index contributed by atoms with van der Waals surface area (Å²) >= 11 is 0. The van der Waals surface area contributed by atoms with Gasteiger partial charge in [0.05, 0.1) is 0 Å². The Balaban J connectivity index is 2.64. The Morgan fingerprint density at radius 3 is 2.39 bits per heavy atom. The number of rotatable bonds is 6. The van der Waals surface area contributed by atoms with Gasteiger partial charge in [-0.25, -0.2) is 9.97 Å². The molecule has 0 radical (unpaired) electrons. The predicted molar refractivity (Wildman–Crippen MR) is 64.0 cm³/mol. The summed E-state index contributed by atoms with van der Waals surface area (Å²) in [4.78, 5) is 6.72.